The van der Waals surface area contributed by atoms with Crippen LogP contribution in [0.4, 0.5) is 5.69 Å². The summed E-state index contributed by atoms with van der Waals surface area (Å²) in [5.41, 5.74) is -0.159. The zero-order chi connectivity index (χ0) is 12.1. The van der Waals surface area contributed by atoms with Gasteiger partial charge in [0, 0.05) is 12.1 Å². The van der Waals surface area contributed by atoms with E-state index in [9.17, 15) is 19.7 Å². The minimum Gasteiger partial charge on any atom is -0.421 e. The van der Waals surface area contributed by atoms with Gasteiger partial charge in [-0.3, -0.25) is 14.9 Å². The predicted molar refractivity (Wildman–Crippen MR) is 50.8 cm³/mol. The van der Waals surface area contributed by atoms with Crippen LogP contribution in [0.25, 0.3) is 0 Å². The summed E-state index contributed by atoms with van der Waals surface area (Å²) in [5, 5.41) is 18.7. The fourth-order valence-electron chi connectivity index (χ4n) is 0.864. The van der Waals surface area contributed by atoms with E-state index in [0.29, 0.717) is 0 Å². The molecule has 0 aliphatic rings. The molecule has 1 N–H and O–H groups in total. The molecule has 0 heterocycles. The number of hydrogen-bond donors (Lipinski definition) is 1. The molecule has 84 valence electrons. The van der Waals surface area contributed by atoms with E-state index in [1.165, 1.54) is 12.1 Å². The van der Waals surface area contributed by atoms with Crippen molar-refractivity contribution in [3.8, 4) is 5.75 Å². The maximum atomic E-state index is 10.9. The van der Waals surface area contributed by atoms with Gasteiger partial charge in [0.25, 0.3) is 11.5 Å². The van der Waals surface area contributed by atoms with Gasteiger partial charge in [-0.1, -0.05) is 0 Å². The average Bonchev–Trinajstić information content (AvgIpc) is 2.28. The van der Waals surface area contributed by atoms with E-state index in [0.717, 1.165) is 12.1 Å². The molecule has 0 aliphatic carbocycles. The SMILES string of the molecule is O=C(CO)C(=O)Oc1ccc([N+](=O)[O-])cc1. The number of esters is 1. The lowest BCUT2D eigenvalue weighted by molar-refractivity contribution is -0.384. The monoisotopic (exact) mass is 225 g/mol. The average molecular weight is 225 g/mol. The lowest BCUT2D eigenvalue weighted by Crippen LogP contribution is -2.23. The van der Waals surface area contributed by atoms with Gasteiger partial charge in [0.2, 0.25) is 0 Å². The molecule has 0 aromatic heterocycles. The number of nitrogens with zero attached hydrogens (tertiary/aromatic N) is 1. The van der Waals surface area contributed by atoms with Crippen LogP contribution in [0, 0.1) is 10.1 Å². The maximum Gasteiger partial charge on any atom is 0.382 e. The Balaban J connectivity index is 2.72. The molecule has 1 aromatic rings. The van der Waals surface area contributed by atoms with Gasteiger partial charge in [0.1, 0.15) is 12.4 Å². The van der Waals surface area contributed by atoms with Gasteiger partial charge in [0.15, 0.2) is 0 Å². The number of aliphatic hydroxyl groups is 1. The smallest absolute Gasteiger partial charge is 0.382 e. The third-order valence-electron chi connectivity index (χ3n) is 1.63. The molecule has 0 atom stereocenters. The number of benzene rings is 1. The number of non-ortho nitro benzene ring substituents is 1. The number of ether oxygens (including phenoxy) is 1. The van der Waals surface area contributed by atoms with Crippen LogP contribution in [0.3, 0.4) is 0 Å². The Bertz CT molecular complexity index is 424. The molecule has 7 heteroatoms. The van der Waals surface area contributed by atoms with Crippen molar-refractivity contribution < 1.29 is 24.4 Å². The molecule has 0 spiro atoms. The Labute approximate surface area is 89.4 Å². The first-order valence-electron chi connectivity index (χ1n) is 4.15. The topological polar surface area (TPSA) is 107 Å². The summed E-state index contributed by atoms with van der Waals surface area (Å²) in [5.74, 6) is -2.30. The quantitative estimate of drug-likeness (QED) is 0.255. The van der Waals surface area contributed by atoms with E-state index < -0.39 is 23.3 Å². The lowest BCUT2D eigenvalue weighted by Gasteiger charge is -2.01. The molecule has 7 nitrogen and oxygen atoms in total. The molecule has 0 radical (unpaired) electrons. The molecule has 0 fully saturated rings. The Morgan fingerprint density at radius 1 is 1.31 bits per heavy atom. The third kappa shape index (κ3) is 2.85. The number of carbonyl (C=O) groups is 2. The van der Waals surface area contributed by atoms with Crippen molar-refractivity contribution in [3.05, 3.63) is 34.4 Å². The summed E-state index contributed by atoms with van der Waals surface area (Å²) in [7, 11) is 0. The standard InChI is InChI=1S/C9H7NO6/c11-5-8(12)9(13)16-7-3-1-6(2-4-7)10(14)15/h1-4,11H,5H2. The van der Waals surface area contributed by atoms with Crippen LogP contribution < -0.4 is 4.74 Å². The molecule has 1 rings (SSSR count). The van der Waals surface area contributed by atoms with Crippen molar-refractivity contribution in [1.29, 1.82) is 0 Å². The van der Waals surface area contributed by atoms with Crippen molar-refractivity contribution in [2.75, 3.05) is 6.61 Å². The second-order valence-corrected chi connectivity index (χ2v) is 2.72. The number of rotatable bonds is 4. The number of carbonyl (C=O) groups excluding carboxylic acids is 2. The second kappa shape index (κ2) is 4.99. The number of Topliss-reactive ketones (excluding diaryl/α,β-unsaturated/α-hetero) is 1. The maximum absolute atomic E-state index is 10.9. The van der Waals surface area contributed by atoms with Gasteiger partial charge in [-0.25, -0.2) is 4.79 Å². The minimum atomic E-state index is -1.21. The molecule has 0 amide bonds. The Kier molecular flexibility index (Phi) is 3.67. The van der Waals surface area contributed by atoms with Crippen LogP contribution in [-0.4, -0.2) is 28.4 Å². The highest BCUT2D eigenvalue weighted by atomic mass is 16.6. The van der Waals surface area contributed by atoms with Gasteiger partial charge in [-0.2, -0.15) is 0 Å². The first-order valence-corrected chi connectivity index (χ1v) is 4.15. The van der Waals surface area contributed by atoms with Crippen molar-refractivity contribution in [2.24, 2.45) is 0 Å². The molecule has 1 aromatic carbocycles. The number of ketones is 1. The minimum absolute atomic E-state index is 0.00241. The second-order valence-electron chi connectivity index (χ2n) is 2.72. The molecular weight excluding hydrogens is 218 g/mol. The molecule has 0 unspecified atom stereocenters. The Hall–Kier alpha value is -2.28. The summed E-state index contributed by atoms with van der Waals surface area (Å²) in [4.78, 5) is 31.2. The zero-order valence-corrected chi connectivity index (χ0v) is 7.95. The highest BCUT2D eigenvalue weighted by Crippen LogP contribution is 2.17. The van der Waals surface area contributed by atoms with E-state index in [1.54, 1.807) is 0 Å². The highest BCUT2D eigenvalue weighted by molar-refractivity contribution is 6.34. The first-order chi connectivity index (χ1) is 7.54. The van der Waals surface area contributed by atoms with Gasteiger partial charge < -0.3 is 9.84 Å². The van der Waals surface area contributed by atoms with E-state index in [1.807, 2.05) is 0 Å². The predicted octanol–water partition coefficient (Wildman–Crippen LogP) is 0.0616. The van der Waals surface area contributed by atoms with Crippen LogP contribution in [0.2, 0.25) is 0 Å². The highest BCUT2D eigenvalue weighted by Gasteiger charge is 2.15. The Morgan fingerprint density at radius 2 is 1.88 bits per heavy atom. The van der Waals surface area contributed by atoms with Gasteiger partial charge in [-0.05, 0) is 12.1 Å². The molecular formula is C9H7NO6. The summed E-state index contributed by atoms with van der Waals surface area (Å²) in [6.45, 7) is -0.939. The van der Waals surface area contributed by atoms with E-state index >= 15 is 0 Å². The van der Waals surface area contributed by atoms with Gasteiger partial charge in [-0.15, -0.1) is 0 Å². The lowest BCUT2D eigenvalue weighted by atomic mass is 10.3. The van der Waals surface area contributed by atoms with Crippen molar-refractivity contribution in [3.63, 3.8) is 0 Å². The van der Waals surface area contributed by atoms with Crippen LogP contribution in [-0.2, 0) is 9.59 Å². The number of hydrogen-bond acceptors (Lipinski definition) is 6. The summed E-state index contributed by atoms with van der Waals surface area (Å²) < 4.78 is 4.53. The molecule has 0 saturated carbocycles. The normalized spacial score (nSPS) is 9.56. The molecule has 0 aliphatic heterocycles. The summed E-state index contributed by atoms with van der Waals surface area (Å²) in [6, 6.07) is 4.62. The molecule has 0 bridgehead atoms. The van der Waals surface area contributed by atoms with Crippen molar-refractivity contribution in [1.82, 2.24) is 0 Å². The van der Waals surface area contributed by atoms with Crippen LogP contribution in [0.5, 0.6) is 5.75 Å². The number of aliphatic hydroxyl groups excluding tert-OH is 1. The van der Waals surface area contributed by atoms with E-state index in [4.69, 9.17) is 5.11 Å². The fourth-order valence-corrected chi connectivity index (χ4v) is 0.864. The van der Waals surface area contributed by atoms with E-state index in [2.05, 4.69) is 4.74 Å². The molecule has 0 saturated heterocycles. The van der Waals surface area contributed by atoms with Crippen molar-refractivity contribution in [2.45, 2.75) is 0 Å². The fraction of sp³-hybridized carbons (Fsp3) is 0.111. The van der Waals surface area contributed by atoms with Gasteiger partial charge >= 0.3 is 5.97 Å². The third-order valence-corrected chi connectivity index (χ3v) is 1.63. The van der Waals surface area contributed by atoms with E-state index in [-0.39, 0.29) is 11.4 Å². The largest absolute Gasteiger partial charge is 0.421 e. The zero-order valence-electron chi connectivity index (χ0n) is 7.95. The van der Waals surface area contributed by atoms with Crippen LogP contribution in [0.1, 0.15) is 0 Å². The van der Waals surface area contributed by atoms with Crippen LogP contribution >= 0.6 is 0 Å². The first kappa shape index (κ1) is 11.8. The molecule has 16 heavy (non-hydrogen) atoms. The van der Waals surface area contributed by atoms with Crippen molar-refractivity contribution >= 4 is 17.4 Å². The summed E-state index contributed by atoms with van der Waals surface area (Å²) in [6.07, 6.45) is 0. The Morgan fingerprint density at radius 3 is 2.31 bits per heavy atom. The summed E-state index contributed by atoms with van der Waals surface area (Å²) >= 11 is 0. The number of nitro benzene ring substituents is 1. The van der Waals surface area contributed by atoms with Gasteiger partial charge in [0.05, 0.1) is 4.92 Å². The number of nitro groups is 1. The van der Waals surface area contributed by atoms with Crippen LogP contribution in [0.15, 0.2) is 24.3 Å².